The Bertz CT molecular complexity index is 928. The molecule has 4 heteroatoms. The Hall–Kier alpha value is -3.01. The maximum Gasteiger partial charge on any atom is 0.267 e. The third-order valence-electron chi connectivity index (χ3n) is 4.64. The number of rotatable bonds is 8. The van der Waals surface area contributed by atoms with Crippen molar-refractivity contribution in [2.45, 2.75) is 26.3 Å². The van der Waals surface area contributed by atoms with E-state index in [0.717, 1.165) is 28.6 Å². The summed E-state index contributed by atoms with van der Waals surface area (Å²) in [6.07, 6.45) is 2.62. The molecule has 1 heterocycles. The molecule has 4 nitrogen and oxygen atoms in total. The molecule has 1 aromatic heterocycles. The minimum Gasteiger partial charge on any atom is -0.489 e. The zero-order valence-corrected chi connectivity index (χ0v) is 15.9. The molecule has 1 amide bonds. The van der Waals surface area contributed by atoms with E-state index < -0.39 is 0 Å². The Morgan fingerprint density at radius 3 is 2.70 bits per heavy atom. The number of benzene rings is 2. The van der Waals surface area contributed by atoms with Gasteiger partial charge in [-0.3, -0.25) is 4.79 Å². The summed E-state index contributed by atoms with van der Waals surface area (Å²) in [6, 6.07) is 18.1. The second-order valence-electron chi connectivity index (χ2n) is 6.53. The van der Waals surface area contributed by atoms with E-state index in [9.17, 15) is 4.79 Å². The van der Waals surface area contributed by atoms with E-state index in [2.05, 4.69) is 35.5 Å². The third-order valence-corrected chi connectivity index (χ3v) is 4.64. The van der Waals surface area contributed by atoms with Crippen molar-refractivity contribution in [3.05, 3.63) is 78.5 Å². The number of nitrogens with zero attached hydrogens (tertiary/aromatic N) is 1. The van der Waals surface area contributed by atoms with Crippen LogP contribution in [-0.2, 0) is 0 Å². The van der Waals surface area contributed by atoms with Gasteiger partial charge in [-0.2, -0.15) is 0 Å². The molecular formula is C23H26N2O2. The fourth-order valence-corrected chi connectivity index (χ4v) is 3.30. The van der Waals surface area contributed by atoms with Gasteiger partial charge in [-0.1, -0.05) is 56.0 Å². The Morgan fingerprint density at radius 1 is 1.22 bits per heavy atom. The van der Waals surface area contributed by atoms with Gasteiger partial charge in [-0.15, -0.1) is 0 Å². The van der Waals surface area contributed by atoms with Crippen molar-refractivity contribution in [2.24, 2.45) is 0 Å². The standard InChI is InChI=1S/C23H26N2O2/c1-4-14-24-23(26)21-16-19-20(12-9-13-22(19)27-15-5-2)25(21)17(3)18-10-7-6-8-11-18/h5-13,16-17H,2,4,14-15H2,1,3H3,(H,24,26). The zero-order chi connectivity index (χ0) is 19.2. The molecule has 0 spiro atoms. The third kappa shape index (κ3) is 3.90. The number of nitrogens with one attached hydrogen (secondary N) is 1. The molecule has 2 aromatic carbocycles. The van der Waals surface area contributed by atoms with Crippen molar-refractivity contribution in [3.63, 3.8) is 0 Å². The van der Waals surface area contributed by atoms with E-state index in [1.807, 2.05) is 49.4 Å². The maximum absolute atomic E-state index is 12.9. The number of carbonyl (C=O) groups is 1. The number of ether oxygens (including phenoxy) is 1. The van der Waals surface area contributed by atoms with Crippen LogP contribution in [0.1, 0.15) is 42.4 Å². The minimum absolute atomic E-state index is 0.0146. The lowest BCUT2D eigenvalue weighted by Gasteiger charge is -2.19. The summed E-state index contributed by atoms with van der Waals surface area (Å²) < 4.78 is 7.91. The molecule has 27 heavy (non-hydrogen) atoms. The number of carbonyl (C=O) groups excluding carboxylic acids is 1. The first-order valence-corrected chi connectivity index (χ1v) is 9.38. The largest absolute Gasteiger partial charge is 0.489 e. The van der Waals surface area contributed by atoms with Gasteiger partial charge in [-0.05, 0) is 37.1 Å². The molecule has 140 valence electrons. The second kappa shape index (κ2) is 8.58. The van der Waals surface area contributed by atoms with Gasteiger partial charge < -0.3 is 14.6 Å². The molecule has 0 saturated heterocycles. The first-order valence-electron chi connectivity index (χ1n) is 9.38. The highest BCUT2D eigenvalue weighted by atomic mass is 16.5. The van der Waals surface area contributed by atoms with Crippen molar-refractivity contribution >= 4 is 16.8 Å². The van der Waals surface area contributed by atoms with Gasteiger partial charge in [0.1, 0.15) is 18.1 Å². The summed E-state index contributed by atoms with van der Waals surface area (Å²) in [5.41, 5.74) is 2.77. The second-order valence-corrected chi connectivity index (χ2v) is 6.53. The number of hydrogen-bond acceptors (Lipinski definition) is 2. The minimum atomic E-state index is -0.0644. The molecule has 0 saturated carbocycles. The van der Waals surface area contributed by atoms with Gasteiger partial charge in [0.25, 0.3) is 5.91 Å². The summed E-state index contributed by atoms with van der Waals surface area (Å²) in [6.45, 7) is 8.95. The summed E-state index contributed by atoms with van der Waals surface area (Å²) in [4.78, 5) is 12.9. The van der Waals surface area contributed by atoms with Gasteiger partial charge >= 0.3 is 0 Å². The van der Waals surface area contributed by atoms with Gasteiger partial charge in [0.15, 0.2) is 0 Å². The van der Waals surface area contributed by atoms with Crippen molar-refractivity contribution in [3.8, 4) is 5.75 Å². The molecule has 3 rings (SSSR count). The average Bonchev–Trinajstić information content (AvgIpc) is 3.10. The molecule has 1 N–H and O–H groups in total. The Kier molecular flexibility index (Phi) is 5.97. The van der Waals surface area contributed by atoms with E-state index in [1.54, 1.807) is 6.08 Å². The van der Waals surface area contributed by atoms with Crippen molar-refractivity contribution < 1.29 is 9.53 Å². The van der Waals surface area contributed by atoms with Gasteiger partial charge in [0.2, 0.25) is 0 Å². The smallest absolute Gasteiger partial charge is 0.267 e. The molecule has 1 unspecified atom stereocenters. The van der Waals surface area contributed by atoms with Crippen LogP contribution in [0.3, 0.4) is 0 Å². The number of aromatic nitrogens is 1. The predicted molar refractivity (Wildman–Crippen MR) is 111 cm³/mol. The summed E-state index contributed by atoms with van der Waals surface area (Å²) >= 11 is 0. The van der Waals surface area contributed by atoms with Crippen molar-refractivity contribution in [2.75, 3.05) is 13.2 Å². The van der Waals surface area contributed by atoms with Crippen LogP contribution in [-0.4, -0.2) is 23.6 Å². The Morgan fingerprint density at radius 2 is 2.00 bits per heavy atom. The molecule has 0 aliphatic carbocycles. The van der Waals surface area contributed by atoms with Crippen LogP contribution in [0, 0.1) is 0 Å². The van der Waals surface area contributed by atoms with E-state index in [4.69, 9.17) is 4.74 Å². The van der Waals surface area contributed by atoms with E-state index in [0.29, 0.717) is 18.8 Å². The van der Waals surface area contributed by atoms with Crippen LogP contribution < -0.4 is 10.1 Å². The van der Waals surface area contributed by atoms with Gasteiger partial charge in [0.05, 0.1) is 11.6 Å². The van der Waals surface area contributed by atoms with Crippen LogP contribution in [0.5, 0.6) is 5.75 Å². The molecule has 0 fully saturated rings. The topological polar surface area (TPSA) is 43.3 Å². The van der Waals surface area contributed by atoms with Crippen LogP contribution >= 0.6 is 0 Å². The monoisotopic (exact) mass is 362 g/mol. The molecule has 0 radical (unpaired) electrons. The van der Waals surface area contributed by atoms with Crippen LogP contribution in [0.2, 0.25) is 0 Å². The van der Waals surface area contributed by atoms with E-state index in [1.165, 1.54) is 0 Å². The van der Waals surface area contributed by atoms with Gasteiger partial charge in [-0.25, -0.2) is 0 Å². The predicted octanol–water partition coefficient (Wildman–Crippen LogP) is 4.96. The number of amides is 1. The highest BCUT2D eigenvalue weighted by molar-refractivity contribution is 6.00. The molecule has 3 aromatic rings. The average molecular weight is 362 g/mol. The highest BCUT2D eigenvalue weighted by Crippen LogP contribution is 2.33. The summed E-state index contributed by atoms with van der Waals surface area (Å²) in [5.74, 6) is 0.696. The molecule has 0 aliphatic rings. The van der Waals surface area contributed by atoms with E-state index in [-0.39, 0.29) is 11.9 Å². The van der Waals surface area contributed by atoms with Gasteiger partial charge in [0, 0.05) is 11.9 Å². The molecule has 1 atom stereocenters. The fraction of sp³-hybridized carbons (Fsp3) is 0.261. The van der Waals surface area contributed by atoms with Crippen molar-refractivity contribution in [1.82, 2.24) is 9.88 Å². The Balaban J connectivity index is 2.15. The summed E-state index contributed by atoms with van der Waals surface area (Å²) in [5, 5.41) is 3.94. The first kappa shape index (κ1) is 18.8. The SMILES string of the molecule is C=CCOc1cccc2c1cc(C(=O)NCCC)n2C(C)c1ccccc1. The molecule has 0 aliphatic heterocycles. The summed E-state index contributed by atoms with van der Waals surface area (Å²) in [7, 11) is 0. The van der Waals surface area contributed by atoms with Crippen LogP contribution in [0.4, 0.5) is 0 Å². The number of hydrogen-bond donors (Lipinski definition) is 1. The van der Waals surface area contributed by atoms with Crippen LogP contribution in [0.15, 0.2) is 67.3 Å². The van der Waals surface area contributed by atoms with Crippen molar-refractivity contribution in [1.29, 1.82) is 0 Å². The quantitative estimate of drug-likeness (QED) is 0.576. The Labute approximate surface area is 160 Å². The highest BCUT2D eigenvalue weighted by Gasteiger charge is 2.21. The first-order chi connectivity index (χ1) is 13.2. The fourth-order valence-electron chi connectivity index (χ4n) is 3.30. The maximum atomic E-state index is 12.9. The zero-order valence-electron chi connectivity index (χ0n) is 15.9. The van der Waals surface area contributed by atoms with Crippen LogP contribution in [0.25, 0.3) is 10.9 Å². The van der Waals surface area contributed by atoms with E-state index >= 15 is 0 Å². The lowest BCUT2D eigenvalue weighted by Crippen LogP contribution is -2.27. The number of fused-ring (bicyclic) bond motifs is 1. The lowest BCUT2D eigenvalue weighted by atomic mass is 10.1. The lowest BCUT2D eigenvalue weighted by molar-refractivity contribution is 0.0944. The normalized spacial score (nSPS) is 11.9. The molecule has 0 bridgehead atoms. The molecular weight excluding hydrogens is 336 g/mol.